The molecule has 0 unspecified atom stereocenters. The Bertz CT molecular complexity index is 450. The second-order valence-electron chi connectivity index (χ2n) is 5.41. The highest BCUT2D eigenvalue weighted by molar-refractivity contribution is 9.10. The third-order valence-electron chi connectivity index (χ3n) is 3.87. The summed E-state index contributed by atoms with van der Waals surface area (Å²) in [7, 11) is 0. The highest BCUT2D eigenvalue weighted by Crippen LogP contribution is 2.26. The number of carbonyl (C=O) groups is 1. The molecule has 3 nitrogen and oxygen atoms in total. The van der Waals surface area contributed by atoms with Gasteiger partial charge in [-0.25, -0.2) is 0 Å². The first kappa shape index (κ1) is 15.5. The van der Waals surface area contributed by atoms with Gasteiger partial charge >= 0.3 is 0 Å². The molecular formula is C16H22BrNO2. The van der Waals surface area contributed by atoms with Gasteiger partial charge in [0.2, 0.25) is 0 Å². The summed E-state index contributed by atoms with van der Waals surface area (Å²) >= 11 is 3.38. The minimum atomic E-state index is -0.0576. The summed E-state index contributed by atoms with van der Waals surface area (Å²) in [6, 6.07) is 7.44. The maximum atomic E-state index is 12.0. The molecule has 1 N–H and O–H groups in total. The predicted octanol–water partition coefficient (Wildman–Crippen LogP) is 3.77. The zero-order valence-electron chi connectivity index (χ0n) is 11.9. The molecule has 0 aliphatic heterocycles. The molecule has 110 valence electrons. The van der Waals surface area contributed by atoms with E-state index in [0.717, 1.165) is 10.9 Å². The molecule has 0 spiro atoms. The number of hydrogen-bond donors (Lipinski definition) is 1. The van der Waals surface area contributed by atoms with Crippen molar-refractivity contribution in [3.8, 4) is 0 Å². The first-order valence-electron chi connectivity index (χ1n) is 7.33. The molecule has 0 aromatic heterocycles. The fraction of sp³-hybridized carbons (Fsp3) is 0.562. The van der Waals surface area contributed by atoms with Gasteiger partial charge in [-0.05, 0) is 46.8 Å². The van der Waals surface area contributed by atoms with Gasteiger partial charge in [-0.1, -0.05) is 31.9 Å². The second kappa shape index (κ2) is 7.79. The van der Waals surface area contributed by atoms with Crippen molar-refractivity contribution in [1.29, 1.82) is 0 Å². The summed E-state index contributed by atoms with van der Waals surface area (Å²) < 4.78 is 6.70. The first-order chi connectivity index (χ1) is 9.68. The number of hydrogen-bond acceptors (Lipinski definition) is 2. The van der Waals surface area contributed by atoms with Gasteiger partial charge in [0.05, 0.1) is 18.3 Å². The Kier molecular flexibility index (Phi) is 6.05. The highest BCUT2D eigenvalue weighted by atomic mass is 79.9. The quantitative estimate of drug-likeness (QED) is 0.829. The average Bonchev–Trinajstić information content (AvgIpc) is 2.45. The molecule has 0 saturated heterocycles. The third-order valence-corrected chi connectivity index (χ3v) is 4.56. The number of rotatable bonds is 5. The predicted molar refractivity (Wildman–Crippen MR) is 83.8 cm³/mol. The SMILES string of the molecule is C[C@@H]1CCCC[C@@H]1OCCNC(=O)c1ccccc1Br. The van der Waals surface area contributed by atoms with E-state index < -0.39 is 0 Å². The van der Waals surface area contributed by atoms with Gasteiger partial charge in [0.1, 0.15) is 0 Å². The van der Waals surface area contributed by atoms with Crippen LogP contribution in [0.25, 0.3) is 0 Å². The van der Waals surface area contributed by atoms with Crippen LogP contribution in [0, 0.1) is 5.92 Å². The van der Waals surface area contributed by atoms with Crippen LogP contribution in [0.4, 0.5) is 0 Å². The van der Waals surface area contributed by atoms with Crippen LogP contribution < -0.4 is 5.32 Å². The van der Waals surface area contributed by atoms with Gasteiger partial charge in [0.15, 0.2) is 0 Å². The van der Waals surface area contributed by atoms with Crippen molar-refractivity contribution in [2.24, 2.45) is 5.92 Å². The van der Waals surface area contributed by atoms with E-state index in [0.29, 0.717) is 30.7 Å². The van der Waals surface area contributed by atoms with Crippen molar-refractivity contribution >= 4 is 21.8 Å². The van der Waals surface area contributed by atoms with E-state index in [-0.39, 0.29) is 5.91 Å². The molecule has 20 heavy (non-hydrogen) atoms. The molecule has 2 atom stereocenters. The minimum Gasteiger partial charge on any atom is -0.376 e. The lowest BCUT2D eigenvalue weighted by Gasteiger charge is -2.28. The van der Waals surface area contributed by atoms with E-state index in [1.54, 1.807) is 0 Å². The van der Waals surface area contributed by atoms with Crippen LogP contribution in [0.5, 0.6) is 0 Å². The van der Waals surface area contributed by atoms with Crippen molar-refractivity contribution in [2.45, 2.75) is 38.7 Å². The molecule has 1 amide bonds. The Balaban J connectivity index is 1.71. The zero-order valence-corrected chi connectivity index (χ0v) is 13.5. The lowest BCUT2D eigenvalue weighted by atomic mass is 9.88. The van der Waals surface area contributed by atoms with E-state index in [2.05, 4.69) is 28.2 Å². The number of benzene rings is 1. The molecule has 0 heterocycles. The van der Waals surface area contributed by atoms with Gasteiger partial charge in [0, 0.05) is 11.0 Å². The molecule has 1 saturated carbocycles. The van der Waals surface area contributed by atoms with Gasteiger partial charge < -0.3 is 10.1 Å². The smallest absolute Gasteiger partial charge is 0.252 e. The molecule has 1 aliphatic rings. The summed E-state index contributed by atoms with van der Waals surface area (Å²) in [6.45, 7) is 3.40. The zero-order chi connectivity index (χ0) is 14.4. The molecule has 1 aromatic rings. The Morgan fingerprint density at radius 3 is 2.85 bits per heavy atom. The summed E-state index contributed by atoms with van der Waals surface area (Å²) in [4.78, 5) is 12.0. The molecule has 1 fully saturated rings. The first-order valence-corrected chi connectivity index (χ1v) is 8.12. The van der Waals surface area contributed by atoms with Crippen LogP contribution in [0.2, 0.25) is 0 Å². The molecule has 2 rings (SSSR count). The summed E-state index contributed by atoms with van der Waals surface area (Å²) in [5.74, 6) is 0.584. The average molecular weight is 340 g/mol. The largest absolute Gasteiger partial charge is 0.376 e. The number of halogens is 1. The Morgan fingerprint density at radius 2 is 2.10 bits per heavy atom. The second-order valence-corrected chi connectivity index (χ2v) is 6.26. The van der Waals surface area contributed by atoms with E-state index in [1.165, 1.54) is 19.3 Å². The van der Waals surface area contributed by atoms with Crippen molar-refractivity contribution < 1.29 is 9.53 Å². The number of amides is 1. The standard InChI is InChI=1S/C16H22BrNO2/c1-12-6-2-5-9-15(12)20-11-10-18-16(19)13-7-3-4-8-14(13)17/h3-4,7-8,12,15H,2,5-6,9-11H2,1H3,(H,18,19)/t12-,15+/m1/s1. The van der Waals surface area contributed by atoms with Crippen LogP contribution in [-0.4, -0.2) is 25.2 Å². The maximum absolute atomic E-state index is 12.0. The lowest BCUT2D eigenvalue weighted by Crippen LogP contribution is -2.31. The van der Waals surface area contributed by atoms with E-state index in [1.807, 2.05) is 24.3 Å². The van der Waals surface area contributed by atoms with Crippen LogP contribution in [0.3, 0.4) is 0 Å². The fourth-order valence-electron chi connectivity index (χ4n) is 2.65. The van der Waals surface area contributed by atoms with Crippen molar-refractivity contribution in [3.63, 3.8) is 0 Å². The monoisotopic (exact) mass is 339 g/mol. The number of ether oxygens (including phenoxy) is 1. The van der Waals surface area contributed by atoms with Gasteiger partial charge in [-0.3, -0.25) is 4.79 Å². The maximum Gasteiger partial charge on any atom is 0.252 e. The van der Waals surface area contributed by atoms with Gasteiger partial charge in [0.25, 0.3) is 5.91 Å². The third kappa shape index (κ3) is 4.32. The molecular weight excluding hydrogens is 318 g/mol. The van der Waals surface area contributed by atoms with Gasteiger partial charge in [-0.15, -0.1) is 0 Å². The summed E-state index contributed by atoms with van der Waals surface area (Å²) in [5.41, 5.74) is 0.665. The Labute approximate surface area is 129 Å². The molecule has 1 aromatic carbocycles. The summed E-state index contributed by atoms with van der Waals surface area (Å²) in [6.07, 6.45) is 5.36. The van der Waals surface area contributed by atoms with Crippen molar-refractivity contribution in [1.82, 2.24) is 5.32 Å². The molecule has 1 aliphatic carbocycles. The van der Waals surface area contributed by atoms with Crippen LogP contribution >= 0.6 is 15.9 Å². The Morgan fingerprint density at radius 1 is 1.35 bits per heavy atom. The van der Waals surface area contributed by atoms with Crippen molar-refractivity contribution in [3.05, 3.63) is 34.3 Å². The fourth-order valence-corrected chi connectivity index (χ4v) is 3.11. The summed E-state index contributed by atoms with van der Waals surface area (Å²) in [5, 5.41) is 2.90. The van der Waals surface area contributed by atoms with E-state index >= 15 is 0 Å². The molecule has 0 radical (unpaired) electrons. The van der Waals surface area contributed by atoms with Gasteiger partial charge in [-0.2, -0.15) is 0 Å². The molecule has 4 heteroatoms. The van der Waals surface area contributed by atoms with Crippen molar-refractivity contribution in [2.75, 3.05) is 13.2 Å². The van der Waals surface area contributed by atoms with E-state index in [9.17, 15) is 4.79 Å². The normalized spacial score (nSPS) is 22.5. The lowest BCUT2D eigenvalue weighted by molar-refractivity contribution is -0.00294. The minimum absolute atomic E-state index is 0.0576. The number of carbonyl (C=O) groups excluding carboxylic acids is 1. The number of nitrogens with one attached hydrogen (secondary N) is 1. The topological polar surface area (TPSA) is 38.3 Å². The highest BCUT2D eigenvalue weighted by Gasteiger charge is 2.21. The van der Waals surface area contributed by atoms with Crippen LogP contribution in [-0.2, 0) is 4.74 Å². The van der Waals surface area contributed by atoms with Crippen LogP contribution in [0.1, 0.15) is 43.0 Å². The molecule has 0 bridgehead atoms. The Hall–Kier alpha value is -0.870. The van der Waals surface area contributed by atoms with Crippen LogP contribution in [0.15, 0.2) is 28.7 Å². The van der Waals surface area contributed by atoms with E-state index in [4.69, 9.17) is 4.74 Å².